The maximum atomic E-state index is 11.7. The fraction of sp³-hybridized carbons (Fsp3) is 0.333. The molecule has 0 spiro atoms. The number of amides is 1. The molecule has 18 heavy (non-hydrogen) atoms. The van der Waals surface area contributed by atoms with Gasteiger partial charge in [-0.15, -0.1) is 0 Å². The quantitative estimate of drug-likeness (QED) is 0.515. The number of carboxylic acid groups (broad SMARTS) is 1. The van der Waals surface area contributed by atoms with Gasteiger partial charge in [0.25, 0.3) is 5.91 Å². The Kier molecular flexibility index (Phi) is 4.98. The van der Waals surface area contributed by atoms with E-state index in [1.807, 2.05) is 0 Å². The van der Waals surface area contributed by atoms with E-state index in [1.54, 1.807) is 18.2 Å². The Morgan fingerprint density at radius 2 is 2.17 bits per heavy atom. The zero-order valence-electron chi connectivity index (χ0n) is 10.1. The number of hydrogen-bond acceptors (Lipinski definition) is 4. The van der Waals surface area contributed by atoms with Crippen molar-refractivity contribution in [3.63, 3.8) is 0 Å². The maximum absolute atomic E-state index is 11.7. The largest absolute Gasteiger partial charge is 0.497 e. The molecule has 0 atom stereocenters. The minimum Gasteiger partial charge on any atom is -0.497 e. The number of nitrogens with one attached hydrogen (secondary N) is 1. The first-order valence-electron chi connectivity index (χ1n) is 5.48. The van der Waals surface area contributed by atoms with Gasteiger partial charge in [-0.05, 0) is 18.6 Å². The first kappa shape index (κ1) is 13.8. The molecule has 0 radical (unpaired) electrons. The fourth-order valence-corrected chi connectivity index (χ4v) is 1.41. The van der Waals surface area contributed by atoms with Crippen LogP contribution in [0, 0.1) is 0 Å². The SMILES string of the molecule is COc1ccc(C(=O)NCCCC(=O)O)c(N)c1. The summed E-state index contributed by atoms with van der Waals surface area (Å²) >= 11 is 0. The molecule has 6 heteroatoms. The molecule has 1 aromatic rings. The van der Waals surface area contributed by atoms with Gasteiger partial charge in [-0.25, -0.2) is 0 Å². The number of carbonyl (C=O) groups excluding carboxylic acids is 1. The van der Waals surface area contributed by atoms with Gasteiger partial charge in [0.05, 0.1) is 12.7 Å². The summed E-state index contributed by atoms with van der Waals surface area (Å²) < 4.78 is 4.98. The molecular formula is C12H16N2O4. The van der Waals surface area contributed by atoms with E-state index in [1.165, 1.54) is 7.11 Å². The van der Waals surface area contributed by atoms with Gasteiger partial charge in [0, 0.05) is 24.7 Å². The van der Waals surface area contributed by atoms with E-state index in [2.05, 4.69) is 5.32 Å². The maximum Gasteiger partial charge on any atom is 0.303 e. The summed E-state index contributed by atoms with van der Waals surface area (Å²) in [6.45, 7) is 0.302. The van der Waals surface area contributed by atoms with Crippen LogP contribution >= 0.6 is 0 Å². The summed E-state index contributed by atoms with van der Waals surface area (Å²) in [5, 5.41) is 11.1. The van der Waals surface area contributed by atoms with E-state index in [0.717, 1.165) is 0 Å². The van der Waals surface area contributed by atoms with Gasteiger partial charge in [0.1, 0.15) is 5.75 Å². The van der Waals surface area contributed by atoms with Crippen LogP contribution in [-0.2, 0) is 4.79 Å². The smallest absolute Gasteiger partial charge is 0.303 e. The summed E-state index contributed by atoms with van der Waals surface area (Å²) in [6, 6.07) is 4.77. The van der Waals surface area contributed by atoms with Gasteiger partial charge in [-0.3, -0.25) is 9.59 Å². The molecule has 0 heterocycles. The van der Waals surface area contributed by atoms with Gasteiger partial charge in [-0.1, -0.05) is 0 Å². The van der Waals surface area contributed by atoms with Crippen LogP contribution in [0.25, 0.3) is 0 Å². The van der Waals surface area contributed by atoms with Crippen LogP contribution in [0.1, 0.15) is 23.2 Å². The number of aliphatic carboxylic acids is 1. The van der Waals surface area contributed by atoms with Gasteiger partial charge >= 0.3 is 5.97 Å². The molecule has 0 bridgehead atoms. The number of benzene rings is 1. The molecule has 0 saturated heterocycles. The van der Waals surface area contributed by atoms with E-state index in [9.17, 15) is 9.59 Å². The van der Waals surface area contributed by atoms with Crippen molar-refractivity contribution in [1.82, 2.24) is 5.32 Å². The average molecular weight is 252 g/mol. The third-order valence-corrected chi connectivity index (χ3v) is 2.36. The highest BCUT2D eigenvalue weighted by Crippen LogP contribution is 2.19. The topological polar surface area (TPSA) is 102 Å². The highest BCUT2D eigenvalue weighted by molar-refractivity contribution is 5.99. The lowest BCUT2D eigenvalue weighted by molar-refractivity contribution is -0.137. The average Bonchev–Trinajstić information content (AvgIpc) is 2.33. The predicted octanol–water partition coefficient (Wildman–Crippen LogP) is 0.872. The minimum atomic E-state index is -0.881. The molecule has 4 N–H and O–H groups in total. The number of anilines is 1. The van der Waals surface area contributed by atoms with Crippen molar-refractivity contribution in [2.75, 3.05) is 19.4 Å². The Morgan fingerprint density at radius 1 is 1.44 bits per heavy atom. The van der Waals surface area contributed by atoms with Crippen LogP contribution in [0.5, 0.6) is 5.75 Å². The van der Waals surface area contributed by atoms with Gasteiger partial charge < -0.3 is 20.9 Å². The minimum absolute atomic E-state index is 0.0262. The molecule has 0 unspecified atom stereocenters. The monoisotopic (exact) mass is 252 g/mol. The summed E-state index contributed by atoms with van der Waals surface area (Å²) in [5.74, 6) is -0.622. The molecular weight excluding hydrogens is 236 g/mol. The van der Waals surface area contributed by atoms with Crippen molar-refractivity contribution < 1.29 is 19.4 Å². The predicted molar refractivity (Wildman–Crippen MR) is 66.6 cm³/mol. The van der Waals surface area contributed by atoms with E-state index >= 15 is 0 Å². The number of methoxy groups -OCH3 is 1. The molecule has 1 rings (SSSR count). The second kappa shape index (κ2) is 6.48. The van der Waals surface area contributed by atoms with Crippen molar-refractivity contribution in [2.24, 2.45) is 0 Å². The first-order chi connectivity index (χ1) is 8.54. The van der Waals surface area contributed by atoms with E-state index in [-0.39, 0.29) is 12.3 Å². The van der Waals surface area contributed by atoms with Crippen LogP contribution in [-0.4, -0.2) is 30.6 Å². The molecule has 98 valence electrons. The second-order valence-corrected chi connectivity index (χ2v) is 3.71. The Hall–Kier alpha value is -2.24. The third kappa shape index (κ3) is 3.97. The zero-order valence-corrected chi connectivity index (χ0v) is 10.1. The molecule has 0 aliphatic heterocycles. The molecule has 0 aromatic heterocycles. The van der Waals surface area contributed by atoms with Crippen molar-refractivity contribution in [1.29, 1.82) is 0 Å². The van der Waals surface area contributed by atoms with Crippen molar-refractivity contribution in [2.45, 2.75) is 12.8 Å². The van der Waals surface area contributed by atoms with E-state index in [0.29, 0.717) is 30.0 Å². The van der Waals surface area contributed by atoms with Crippen molar-refractivity contribution in [3.05, 3.63) is 23.8 Å². The Balaban J connectivity index is 2.54. The number of carboxylic acids is 1. The van der Waals surface area contributed by atoms with Gasteiger partial charge in [0.15, 0.2) is 0 Å². The molecule has 1 amide bonds. The third-order valence-electron chi connectivity index (χ3n) is 2.36. The summed E-state index contributed by atoms with van der Waals surface area (Å²) in [4.78, 5) is 22.0. The van der Waals surface area contributed by atoms with Crippen LogP contribution < -0.4 is 15.8 Å². The molecule has 1 aromatic carbocycles. The first-order valence-corrected chi connectivity index (χ1v) is 5.48. The Morgan fingerprint density at radius 3 is 2.72 bits per heavy atom. The van der Waals surface area contributed by atoms with Crippen LogP contribution in [0.15, 0.2) is 18.2 Å². The molecule has 0 fully saturated rings. The molecule has 0 saturated carbocycles. The summed E-state index contributed by atoms with van der Waals surface area (Å²) in [6.07, 6.45) is 0.412. The molecule has 0 aliphatic carbocycles. The number of carbonyl (C=O) groups is 2. The number of rotatable bonds is 6. The van der Waals surface area contributed by atoms with E-state index < -0.39 is 5.97 Å². The van der Waals surface area contributed by atoms with Crippen LogP contribution in [0.3, 0.4) is 0 Å². The van der Waals surface area contributed by atoms with Gasteiger partial charge in [-0.2, -0.15) is 0 Å². The number of hydrogen-bond donors (Lipinski definition) is 3. The van der Waals surface area contributed by atoms with E-state index in [4.69, 9.17) is 15.6 Å². The summed E-state index contributed by atoms with van der Waals surface area (Å²) in [5.41, 5.74) is 6.39. The lowest BCUT2D eigenvalue weighted by Gasteiger charge is -2.08. The lowest BCUT2D eigenvalue weighted by Crippen LogP contribution is -2.25. The van der Waals surface area contributed by atoms with Crippen molar-refractivity contribution >= 4 is 17.6 Å². The zero-order chi connectivity index (χ0) is 13.5. The number of nitrogen functional groups attached to an aromatic ring is 1. The summed E-state index contributed by atoms with van der Waals surface area (Å²) in [7, 11) is 1.51. The Labute approximate surface area is 105 Å². The highest BCUT2D eigenvalue weighted by Gasteiger charge is 2.10. The normalized spacial score (nSPS) is 9.83. The fourth-order valence-electron chi connectivity index (χ4n) is 1.41. The second-order valence-electron chi connectivity index (χ2n) is 3.71. The number of ether oxygens (including phenoxy) is 1. The lowest BCUT2D eigenvalue weighted by atomic mass is 10.1. The standard InChI is InChI=1S/C12H16N2O4/c1-18-8-4-5-9(10(13)7-8)12(17)14-6-2-3-11(15)16/h4-5,7H,2-3,6,13H2,1H3,(H,14,17)(H,15,16). The molecule has 6 nitrogen and oxygen atoms in total. The molecule has 0 aliphatic rings. The number of nitrogens with two attached hydrogens (primary N) is 1. The van der Waals surface area contributed by atoms with Crippen LogP contribution in [0.4, 0.5) is 5.69 Å². The highest BCUT2D eigenvalue weighted by atomic mass is 16.5. The Bertz CT molecular complexity index is 446. The van der Waals surface area contributed by atoms with Crippen molar-refractivity contribution in [3.8, 4) is 5.75 Å². The van der Waals surface area contributed by atoms with Gasteiger partial charge in [0.2, 0.25) is 0 Å². The van der Waals surface area contributed by atoms with Crippen LogP contribution in [0.2, 0.25) is 0 Å².